The molecule has 98 valence electrons. The molecule has 2 N–H and O–H groups in total. The van der Waals surface area contributed by atoms with Gasteiger partial charge in [-0.05, 0) is 19.9 Å². The van der Waals surface area contributed by atoms with Gasteiger partial charge >= 0.3 is 5.69 Å². The van der Waals surface area contributed by atoms with Crippen LogP contribution >= 0.6 is 0 Å². The summed E-state index contributed by atoms with van der Waals surface area (Å²) in [5, 5.41) is 21.4. The molecule has 18 heavy (non-hydrogen) atoms. The maximum absolute atomic E-state index is 11.0. The van der Waals surface area contributed by atoms with Gasteiger partial charge in [-0.25, -0.2) is 4.68 Å². The van der Waals surface area contributed by atoms with Gasteiger partial charge in [0.1, 0.15) is 5.69 Å². The monoisotopic (exact) mass is 251 g/mol. The van der Waals surface area contributed by atoms with E-state index in [4.69, 9.17) is 0 Å². The van der Waals surface area contributed by atoms with Crippen molar-refractivity contribution in [3.8, 4) is 0 Å². The van der Waals surface area contributed by atoms with Gasteiger partial charge in [-0.3, -0.25) is 10.1 Å². The molecule has 0 fully saturated rings. The Morgan fingerprint density at radius 1 is 1.67 bits per heavy atom. The quantitative estimate of drug-likeness (QED) is 0.473. The summed E-state index contributed by atoms with van der Waals surface area (Å²) in [6, 6.07) is 0. The van der Waals surface area contributed by atoms with E-state index in [0.29, 0.717) is 18.1 Å². The third-order valence-corrected chi connectivity index (χ3v) is 3.01. The molecule has 0 saturated heterocycles. The fourth-order valence-electron chi connectivity index (χ4n) is 2.09. The van der Waals surface area contributed by atoms with Crippen molar-refractivity contribution in [2.75, 3.05) is 25.0 Å². The van der Waals surface area contributed by atoms with Crippen molar-refractivity contribution in [2.45, 2.75) is 13.3 Å². The Hall–Kier alpha value is -1.89. The van der Waals surface area contributed by atoms with Gasteiger partial charge in [-0.2, -0.15) is 5.10 Å². The van der Waals surface area contributed by atoms with Crippen molar-refractivity contribution < 1.29 is 4.92 Å². The lowest BCUT2D eigenvalue weighted by Crippen LogP contribution is -2.23. The molecule has 1 aliphatic heterocycles. The van der Waals surface area contributed by atoms with Gasteiger partial charge in [0, 0.05) is 20.1 Å². The molecule has 0 spiro atoms. The minimum absolute atomic E-state index is 0.0621. The fraction of sp³-hybridized carbons (Fsp3) is 0.545. The van der Waals surface area contributed by atoms with Gasteiger partial charge < -0.3 is 10.6 Å². The van der Waals surface area contributed by atoms with E-state index in [0.717, 1.165) is 19.5 Å². The van der Waals surface area contributed by atoms with Crippen LogP contribution in [0.1, 0.15) is 12.1 Å². The molecule has 2 heterocycles. The minimum atomic E-state index is -0.387. The molecular formula is C11H17N5O2. The van der Waals surface area contributed by atoms with Crippen LogP contribution < -0.4 is 10.6 Å². The number of rotatable bonds is 4. The second-order valence-electron chi connectivity index (χ2n) is 4.33. The second-order valence-corrected chi connectivity index (χ2v) is 4.33. The Labute approximate surface area is 105 Å². The van der Waals surface area contributed by atoms with Gasteiger partial charge in [0.15, 0.2) is 0 Å². The van der Waals surface area contributed by atoms with Gasteiger partial charge in [0.2, 0.25) is 5.82 Å². The van der Waals surface area contributed by atoms with E-state index in [9.17, 15) is 10.1 Å². The second kappa shape index (κ2) is 5.18. The molecule has 0 aromatic carbocycles. The minimum Gasteiger partial charge on any atom is -0.361 e. The SMILES string of the molecule is Cc1nn(C)c(NCC2=CCNCC2)c1[N+](=O)[O-]. The summed E-state index contributed by atoms with van der Waals surface area (Å²) in [5.41, 5.74) is 1.76. The Balaban J connectivity index is 2.13. The molecule has 0 bridgehead atoms. The van der Waals surface area contributed by atoms with Crippen LogP contribution in [0.4, 0.5) is 11.5 Å². The van der Waals surface area contributed by atoms with Crippen LogP contribution in [0, 0.1) is 17.0 Å². The number of aryl methyl sites for hydroxylation is 2. The van der Waals surface area contributed by atoms with Crippen LogP contribution in [0.2, 0.25) is 0 Å². The number of anilines is 1. The van der Waals surface area contributed by atoms with Crippen molar-refractivity contribution in [1.82, 2.24) is 15.1 Å². The highest BCUT2D eigenvalue weighted by atomic mass is 16.6. The first-order chi connectivity index (χ1) is 8.59. The Kier molecular flexibility index (Phi) is 3.61. The van der Waals surface area contributed by atoms with Crippen LogP contribution in [-0.4, -0.2) is 34.3 Å². The summed E-state index contributed by atoms with van der Waals surface area (Å²) < 4.78 is 1.52. The first kappa shape index (κ1) is 12.6. The third-order valence-electron chi connectivity index (χ3n) is 3.01. The highest BCUT2D eigenvalue weighted by Crippen LogP contribution is 2.27. The lowest BCUT2D eigenvalue weighted by atomic mass is 10.1. The molecule has 0 amide bonds. The summed E-state index contributed by atoms with van der Waals surface area (Å²) in [5.74, 6) is 0.469. The topological polar surface area (TPSA) is 85.0 Å². The number of nitrogens with zero attached hydrogens (tertiary/aromatic N) is 3. The van der Waals surface area contributed by atoms with Crippen LogP contribution in [0.25, 0.3) is 0 Å². The molecule has 0 radical (unpaired) electrons. The highest BCUT2D eigenvalue weighted by Gasteiger charge is 2.23. The zero-order valence-corrected chi connectivity index (χ0v) is 10.6. The molecule has 1 aromatic rings. The molecule has 0 unspecified atom stereocenters. The molecule has 2 rings (SSSR count). The third kappa shape index (κ3) is 2.51. The van der Waals surface area contributed by atoms with Crippen molar-refractivity contribution in [3.05, 3.63) is 27.5 Å². The van der Waals surface area contributed by atoms with Crippen LogP contribution in [-0.2, 0) is 7.05 Å². The zero-order chi connectivity index (χ0) is 13.1. The molecule has 1 aromatic heterocycles. The zero-order valence-electron chi connectivity index (χ0n) is 10.6. The Bertz CT molecular complexity index is 492. The van der Waals surface area contributed by atoms with Crippen molar-refractivity contribution in [1.29, 1.82) is 0 Å². The lowest BCUT2D eigenvalue weighted by Gasteiger charge is -2.14. The number of hydrogen-bond acceptors (Lipinski definition) is 5. The van der Waals surface area contributed by atoms with Crippen molar-refractivity contribution in [2.24, 2.45) is 7.05 Å². The Morgan fingerprint density at radius 2 is 2.44 bits per heavy atom. The van der Waals surface area contributed by atoms with Gasteiger partial charge in [0.05, 0.1) is 4.92 Å². The van der Waals surface area contributed by atoms with E-state index < -0.39 is 0 Å². The van der Waals surface area contributed by atoms with E-state index in [2.05, 4.69) is 21.8 Å². The average Bonchev–Trinajstić information content (AvgIpc) is 2.62. The van der Waals surface area contributed by atoms with Crippen LogP contribution in [0.5, 0.6) is 0 Å². The lowest BCUT2D eigenvalue weighted by molar-refractivity contribution is -0.384. The van der Waals surface area contributed by atoms with Crippen LogP contribution in [0.15, 0.2) is 11.6 Å². The fourth-order valence-corrected chi connectivity index (χ4v) is 2.09. The molecular weight excluding hydrogens is 234 g/mol. The number of hydrogen-bond donors (Lipinski definition) is 2. The van der Waals surface area contributed by atoms with Crippen molar-refractivity contribution in [3.63, 3.8) is 0 Å². The standard InChI is InChI=1S/C11H17N5O2/c1-8-10(16(17)18)11(15(2)14-8)13-7-9-3-5-12-6-4-9/h3,12-13H,4-7H2,1-2H3. The maximum atomic E-state index is 11.0. The highest BCUT2D eigenvalue weighted by molar-refractivity contribution is 5.59. The van der Waals surface area contributed by atoms with Gasteiger partial charge in [-0.1, -0.05) is 11.6 Å². The number of nitro groups is 1. The molecule has 0 saturated carbocycles. The molecule has 7 nitrogen and oxygen atoms in total. The summed E-state index contributed by atoms with van der Waals surface area (Å²) in [7, 11) is 1.71. The van der Waals surface area contributed by atoms with Crippen LogP contribution in [0.3, 0.4) is 0 Å². The summed E-state index contributed by atoms with van der Waals surface area (Å²) in [6.07, 6.45) is 3.09. The van der Waals surface area contributed by atoms with E-state index in [-0.39, 0.29) is 10.6 Å². The smallest absolute Gasteiger partial charge is 0.333 e. The Morgan fingerprint density at radius 3 is 3.06 bits per heavy atom. The maximum Gasteiger partial charge on any atom is 0.333 e. The van der Waals surface area contributed by atoms with E-state index in [1.807, 2.05) is 0 Å². The molecule has 0 aliphatic carbocycles. The van der Waals surface area contributed by atoms with E-state index in [1.165, 1.54) is 10.3 Å². The number of aromatic nitrogens is 2. The largest absolute Gasteiger partial charge is 0.361 e. The van der Waals surface area contributed by atoms with Crippen molar-refractivity contribution >= 4 is 11.5 Å². The van der Waals surface area contributed by atoms with Gasteiger partial charge in [0.25, 0.3) is 0 Å². The summed E-state index contributed by atoms with van der Waals surface area (Å²) in [4.78, 5) is 10.6. The van der Waals surface area contributed by atoms with Gasteiger partial charge in [-0.15, -0.1) is 0 Å². The molecule has 0 atom stereocenters. The summed E-state index contributed by atoms with van der Waals surface area (Å²) >= 11 is 0. The normalized spacial score (nSPS) is 15.3. The van der Waals surface area contributed by atoms with E-state index >= 15 is 0 Å². The predicted molar refractivity (Wildman–Crippen MR) is 68.7 cm³/mol. The first-order valence-corrected chi connectivity index (χ1v) is 5.90. The average molecular weight is 251 g/mol. The first-order valence-electron chi connectivity index (χ1n) is 5.90. The number of nitrogens with one attached hydrogen (secondary N) is 2. The summed E-state index contributed by atoms with van der Waals surface area (Å²) in [6.45, 7) is 4.10. The molecule has 7 heteroatoms. The molecule has 1 aliphatic rings. The van der Waals surface area contributed by atoms with E-state index in [1.54, 1.807) is 14.0 Å². The predicted octanol–water partition coefficient (Wildman–Crippen LogP) is 0.968.